The number of benzene rings is 1. The van der Waals surface area contributed by atoms with E-state index in [1.165, 1.54) is 0 Å². The molecule has 0 amide bonds. The van der Waals surface area contributed by atoms with Crippen LogP contribution in [0.3, 0.4) is 0 Å². The SMILES string of the molecule is CCS(=O)(=O)c1ccc(NCc2nnc3ccccn23)cc1. The number of rotatable bonds is 5. The lowest BCUT2D eigenvalue weighted by molar-refractivity contribution is 0.597. The van der Waals surface area contributed by atoms with Gasteiger partial charge in [-0.2, -0.15) is 0 Å². The molecule has 0 bridgehead atoms. The average Bonchev–Trinajstić information content (AvgIpc) is 2.96. The van der Waals surface area contributed by atoms with E-state index in [1.54, 1.807) is 31.2 Å². The lowest BCUT2D eigenvalue weighted by Crippen LogP contribution is -2.06. The van der Waals surface area contributed by atoms with Crippen LogP contribution < -0.4 is 5.32 Å². The molecule has 0 saturated carbocycles. The Bertz CT molecular complexity index is 885. The van der Waals surface area contributed by atoms with Crippen molar-refractivity contribution in [3.05, 3.63) is 54.5 Å². The maximum Gasteiger partial charge on any atom is 0.178 e. The van der Waals surface area contributed by atoms with Crippen LogP contribution in [0.15, 0.2) is 53.6 Å². The normalized spacial score (nSPS) is 11.7. The van der Waals surface area contributed by atoms with Crippen LogP contribution in [0.1, 0.15) is 12.7 Å². The second kappa shape index (κ2) is 5.76. The van der Waals surface area contributed by atoms with E-state index in [4.69, 9.17) is 0 Å². The summed E-state index contributed by atoms with van der Waals surface area (Å²) in [5.74, 6) is 0.895. The van der Waals surface area contributed by atoms with Crippen LogP contribution in [0, 0.1) is 0 Å². The fraction of sp³-hybridized carbons (Fsp3) is 0.200. The van der Waals surface area contributed by atoms with Gasteiger partial charge in [-0.3, -0.25) is 4.40 Å². The number of nitrogens with zero attached hydrogens (tertiary/aromatic N) is 3. The van der Waals surface area contributed by atoms with Crippen LogP contribution >= 0.6 is 0 Å². The van der Waals surface area contributed by atoms with Gasteiger partial charge in [-0.05, 0) is 36.4 Å². The lowest BCUT2D eigenvalue weighted by Gasteiger charge is -2.07. The quantitative estimate of drug-likeness (QED) is 0.780. The number of aromatic nitrogens is 3. The molecule has 1 N–H and O–H groups in total. The molecule has 0 fully saturated rings. The molecule has 0 radical (unpaired) electrons. The van der Waals surface area contributed by atoms with Crippen molar-refractivity contribution in [2.24, 2.45) is 0 Å². The van der Waals surface area contributed by atoms with Gasteiger partial charge in [-0.1, -0.05) is 13.0 Å². The molecule has 3 rings (SSSR count). The summed E-state index contributed by atoms with van der Waals surface area (Å²) in [6.07, 6.45) is 1.91. The van der Waals surface area contributed by atoms with E-state index in [1.807, 2.05) is 28.8 Å². The Morgan fingerprint density at radius 3 is 2.59 bits per heavy atom. The summed E-state index contributed by atoms with van der Waals surface area (Å²) in [5.41, 5.74) is 1.63. The Kier molecular flexibility index (Phi) is 3.81. The number of fused-ring (bicyclic) bond motifs is 1. The molecule has 2 heterocycles. The first kappa shape index (κ1) is 14.5. The highest BCUT2D eigenvalue weighted by Crippen LogP contribution is 2.16. The molecule has 0 aliphatic heterocycles. The smallest absolute Gasteiger partial charge is 0.178 e. The summed E-state index contributed by atoms with van der Waals surface area (Å²) in [6, 6.07) is 12.5. The molecule has 0 aliphatic rings. The molecule has 0 atom stereocenters. The molecule has 3 aromatic rings. The van der Waals surface area contributed by atoms with Crippen LogP contribution in [0.4, 0.5) is 5.69 Å². The summed E-state index contributed by atoms with van der Waals surface area (Å²) < 4.78 is 25.4. The minimum atomic E-state index is -3.16. The van der Waals surface area contributed by atoms with Gasteiger partial charge < -0.3 is 5.32 Å². The van der Waals surface area contributed by atoms with Gasteiger partial charge >= 0.3 is 0 Å². The van der Waals surface area contributed by atoms with Crippen molar-refractivity contribution in [1.82, 2.24) is 14.6 Å². The molecular weight excluding hydrogens is 300 g/mol. The topological polar surface area (TPSA) is 76.4 Å². The van der Waals surface area contributed by atoms with Crippen LogP contribution in [0.2, 0.25) is 0 Å². The highest BCUT2D eigenvalue weighted by molar-refractivity contribution is 7.91. The Labute approximate surface area is 128 Å². The first-order valence-electron chi connectivity index (χ1n) is 6.95. The molecule has 0 saturated heterocycles. The number of hydrogen-bond acceptors (Lipinski definition) is 5. The van der Waals surface area contributed by atoms with E-state index in [9.17, 15) is 8.42 Å². The zero-order valence-electron chi connectivity index (χ0n) is 12.1. The zero-order valence-corrected chi connectivity index (χ0v) is 12.9. The standard InChI is InChI=1S/C15H16N4O2S/c1-2-22(20,21)13-8-6-12(7-9-13)16-11-15-18-17-14-5-3-4-10-19(14)15/h3-10,16H,2,11H2,1H3. The zero-order chi connectivity index (χ0) is 15.6. The third-order valence-corrected chi connectivity index (χ3v) is 5.18. The minimum Gasteiger partial charge on any atom is -0.378 e. The van der Waals surface area contributed by atoms with Gasteiger partial charge in [0.2, 0.25) is 0 Å². The molecule has 7 heteroatoms. The second-order valence-electron chi connectivity index (χ2n) is 4.83. The maximum absolute atomic E-state index is 11.8. The van der Waals surface area contributed by atoms with Gasteiger partial charge in [0.1, 0.15) is 0 Å². The fourth-order valence-corrected chi connectivity index (χ4v) is 3.02. The van der Waals surface area contributed by atoms with Crippen LogP contribution in [-0.2, 0) is 16.4 Å². The van der Waals surface area contributed by atoms with Gasteiger partial charge in [0.15, 0.2) is 21.3 Å². The monoisotopic (exact) mass is 316 g/mol. The van der Waals surface area contributed by atoms with E-state index >= 15 is 0 Å². The Morgan fingerprint density at radius 2 is 1.86 bits per heavy atom. The summed E-state index contributed by atoms with van der Waals surface area (Å²) >= 11 is 0. The number of pyridine rings is 1. The van der Waals surface area contributed by atoms with E-state index in [0.29, 0.717) is 11.4 Å². The number of sulfone groups is 1. The van der Waals surface area contributed by atoms with Gasteiger partial charge in [-0.25, -0.2) is 8.42 Å². The molecule has 6 nitrogen and oxygen atoms in total. The van der Waals surface area contributed by atoms with E-state index in [0.717, 1.165) is 17.2 Å². The fourth-order valence-electron chi connectivity index (χ4n) is 2.14. The maximum atomic E-state index is 11.8. The number of nitrogens with one attached hydrogen (secondary N) is 1. The largest absolute Gasteiger partial charge is 0.378 e. The summed E-state index contributed by atoms with van der Waals surface area (Å²) in [5, 5.41) is 11.4. The van der Waals surface area contributed by atoms with Crippen molar-refractivity contribution in [3.8, 4) is 0 Å². The summed E-state index contributed by atoms with van der Waals surface area (Å²) in [4.78, 5) is 0.341. The van der Waals surface area contributed by atoms with E-state index in [-0.39, 0.29) is 5.75 Å². The molecule has 0 aliphatic carbocycles. The van der Waals surface area contributed by atoms with Crippen LogP contribution in [0.25, 0.3) is 5.65 Å². The third-order valence-electron chi connectivity index (χ3n) is 3.43. The average molecular weight is 316 g/mol. The van der Waals surface area contributed by atoms with Crippen molar-refractivity contribution in [3.63, 3.8) is 0 Å². The molecule has 0 unspecified atom stereocenters. The second-order valence-corrected chi connectivity index (χ2v) is 7.10. The predicted octanol–water partition coefficient (Wildman–Crippen LogP) is 2.13. The van der Waals surface area contributed by atoms with Crippen molar-refractivity contribution in [2.75, 3.05) is 11.1 Å². The Morgan fingerprint density at radius 1 is 1.09 bits per heavy atom. The molecule has 0 spiro atoms. The minimum absolute atomic E-state index is 0.103. The van der Waals surface area contributed by atoms with Crippen LogP contribution in [-0.4, -0.2) is 28.8 Å². The van der Waals surface area contributed by atoms with E-state index in [2.05, 4.69) is 15.5 Å². The predicted molar refractivity (Wildman–Crippen MR) is 84.5 cm³/mol. The van der Waals surface area contributed by atoms with Crippen molar-refractivity contribution in [2.45, 2.75) is 18.4 Å². The highest BCUT2D eigenvalue weighted by Gasteiger charge is 2.11. The van der Waals surface area contributed by atoms with Gasteiger partial charge in [0, 0.05) is 11.9 Å². The first-order valence-corrected chi connectivity index (χ1v) is 8.61. The van der Waals surface area contributed by atoms with E-state index < -0.39 is 9.84 Å². The van der Waals surface area contributed by atoms with Crippen molar-refractivity contribution in [1.29, 1.82) is 0 Å². The third kappa shape index (κ3) is 2.80. The van der Waals surface area contributed by atoms with Gasteiger partial charge in [0.05, 0.1) is 17.2 Å². The number of hydrogen-bond donors (Lipinski definition) is 1. The van der Waals surface area contributed by atoms with Gasteiger partial charge in [0.25, 0.3) is 0 Å². The lowest BCUT2D eigenvalue weighted by atomic mass is 10.3. The molecular formula is C15H16N4O2S. The Balaban J connectivity index is 1.74. The van der Waals surface area contributed by atoms with Gasteiger partial charge in [-0.15, -0.1) is 10.2 Å². The molecule has 114 valence electrons. The van der Waals surface area contributed by atoms with Crippen molar-refractivity contribution >= 4 is 21.2 Å². The first-order chi connectivity index (χ1) is 10.6. The molecule has 22 heavy (non-hydrogen) atoms. The van der Waals surface area contributed by atoms with Crippen LogP contribution in [0.5, 0.6) is 0 Å². The summed E-state index contributed by atoms with van der Waals surface area (Å²) in [7, 11) is -3.16. The molecule has 2 aromatic heterocycles. The van der Waals surface area contributed by atoms with Crippen molar-refractivity contribution < 1.29 is 8.42 Å². The molecule has 1 aromatic carbocycles. The number of anilines is 1. The summed E-state index contributed by atoms with van der Waals surface area (Å²) in [6.45, 7) is 2.14. The highest BCUT2D eigenvalue weighted by atomic mass is 32.2. The Hall–Kier alpha value is -2.41.